The van der Waals surface area contributed by atoms with Crippen LogP contribution in [-0.4, -0.2) is 25.5 Å². The van der Waals surface area contributed by atoms with Crippen molar-refractivity contribution in [2.75, 3.05) is 13.7 Å². The third-order valence-electron chi connectivity index (χ3n) is 3.16. The SMILES string of the molecule is COc1ccccc1CNC(=O)CNC(=O)c1cccc(F)c1. The van der Waals surface area contributed by atoms with Crippen molar-refractivity contribution in [1.82, 2.24) is 10.6 Å². The maximum atomic E-state index is 13.0. The van der Waals surface area contributed by atoms with Crippen LogP contribution in [0.15, 0.2) is 48.5 Å². The molecule has 0 aromatic heterocycles. The zero-order valence-electron chi connectivity index (χ0n) is 12.6. The van der Waals surface area contributed by atoms with E-state index in [9.17, 15) is 14.0 Å². The van der Waals surface area contributed by atoms with Gasteiger partial charge in [0, 0.05) is 17.7 Å². The Labute approximate surface area is 133 Å². The number of amides is 2. The van der Waals surface area contributed by atoms with Gasteiger partial charge in [-0.2, -0.15) is 0 Å². The van der Waals surface area contributed by atoms with Gasteiger partial charge in [0.25, 0.3) is 5.91 Å². The van der Waals surface area contributed by atoms with Crippen molar-refractivity contribution >= 4 is 11.8 Å². The Balaban J connectivity index is 1.82. The number of benzene rings is 2. The molecule has 0 radical (unpaired) electrons. The summed E-state index contributed by atoms with van der Waals surface area (Å²) < 4.78 is 18.2. The molecular formula is C17H17FN2O3. The standard InChI is InChI=1S/C17H17FN2O3/c1-23-15-8-3-2-5-13(15)10-19-16(21)11-20-17(22)12-6-4-7-14(18)9-12/h2-9H,10-11H2,1H3,(H,19,21)(H,20,22). The number of rotatable bonds is 6. The summed E-state index contributed by atoms with van der Waals surface area (Å²) in [5.41, 5.74) is 1.00. The first-order chi connectivity index (χ1) is 11.1. The molecular weight excluding hydrogens is 299 g/mol. The average Bonchev–Trinajstić information content (AvgIpc) is 2.58. The summed E-state index contributed by atoms with van der Waals surface area (Å²) in [6.07, 6.45) is 0. The van der Waals surface area contributed by atoms with Crippen molar-refractivity contribution in [2.24, 2.45) is 0 Å². The van der Waals surface area contributed by atoms with E-state index in [1.807, 2.05) is 18.2 Å². The third-order valence-corrected chi connectivity index (χ3v) is 3.16. The Kier molecular flexibility index (Phi) is 5.68. The molecule has 0 fully saturated rings. The Morgan fingerprint density at radius 1 is 1.09 bits per heavy atom. The molecule has 2 rings (SSSR count). The second-order valence-electron chi connectivity index (χ2n) is 4.78. The van der Waals surface area contributed by atoms with Gasteiger partial charge in [0.05, 0.1) is 13.7 Å². The van der Waals surface area contributed by atoms with Crippen molar-refractivity contribution in [1.29, 1.82) is 0 Å². The van der Waals surface area contributed by atoms with Gasteiger partial charge in [-0.25, -0.2) is 4.39 Å². The van der Waals surface area contributed by atoms with Gasteiger partial charge in [0.1, 0.15) is 11.6 Å². The number of ether oxygens (including phenoxy) is 1. The summed E-state index contributed by atoms with van der Waals surface area (Å²) >= 11 is 0. The first-order valence-corrected chi connectivity index (χ1v) is 7.02. The molecule has 0 saturated heterocycles. The van der Waals surface area contributed by atoms with Gasteiger partial charge in [-0.1, -0.05) is 24.3 Å². The summed E-state index contributed by atoms with van der Waals surface area (Å²) in [7, 11) is 1.56. The smallest absolute Gasteiger partial charge is 0.251 e. The highest BCUT2D eigenvalue weighted by Gasteiger charge is 2.09. The lowest BCUT2D eigenvalue weighted by atomic mass is 10.2. The quantitative estimate of drug-likeness (QED) is 0.855. The molecule has 0 unspecified atom stereocenters. The lowest BCUT2D eigenvalue weighted by Crippen LogP contribution is -2.36. The van der Waals surface area contributed by atoms with E-state index in [0.717, 1.165) is 11.6 Å². The molecule has 2 N–H and O–H groups in total. The van der Waals surface area contributed by atoms with Crippen LogP contribution in [-0.2, 0) is 11.3 Å². The second-order valence-corrected chi connectivity index (χ2v) is 4.78. The van der Waals surface area contributed by atoms with E-state index in [1.54, 1.807) is 13.2 Å². The molecule has 2 aromatic rings. The number of methoxy groups -OCH3 is 1. The molecule has 0 aliphatic carbocycles. The van der Waals surface area contributed by atoms with E-state index in [4.69, 9.17) is 4.74 Å². The highest BCUT2D eigenvalue weighted by atomic mass is 19.1. The van der Waals surface area contributed by atoms with Crippen LogP contribution < -0.4 is 15.4 Å². The number of carbonyl (C=O) groups is 2. The van der Waals surface area contributed by atoms with E-state index in [2.05, 4.69) is 10.6 Å². The molecule has 0 atom stereocenters. The summed E-state index contributed by atoms with van der Waals surface area (Å²) in [4.78, 5) is 23.6. The summed E-state index contributed by atoms with van der Waals surface area (Å²) in [5, 5.41) is 5.13. The fourth-order valence-corrected chi connectivity index (χ4v) is 2.00. The molecule has 2 amide bonds. The minimum absolute atomic E-state index is 0.169. The average molecular weight is 316 g/mol. The number of hydrogen-bond acceptors (Lipinski definition) is 3. The van der Waals surface area contributed by atoms with Crippen molar-refractivity contribution in [2.45, 2.75) is 6.54 Å². The molecule has 120 valence electrons. The minimum Gasteiger partial charge on any atom is -0.496 e. The van der Waals surface area contributed by atoms with Crippen molar-refractivity contribution < 1.29 is 18.7 Å². The van der Waals surface area contributed by atoms with E-state index in [-0.39, 0.29) is 18.0 Å². The Bertz CT molecular complexity index is 704. The van der Waals surface area contributed by atoms with Gasteiger partial charge in [0.15, 0.2) is 0 Å². The van der Waals surface area contributed by atoms with Crippen LogP contribution in [0.1, 0.15) is 15.9 Å². The van der Waals surface area contributed by atoms with Gasteiger partial charge in [0.2, 0.25) is 5.91 Å². The fourth-order valence-electron chi connectivity index (χ4n) is 2.00. The van der Waals surface area contributed by atoms with Crippen LogP contribution in [0.25, 0.3) is 0 Å². The maximum absolute atomic E-state index is 13.0. The van der Waals surface area contributed by atoms with Crippen LogP contribution in [0.5, 0.6) is 5.75 Å². The van der Waals surface area contributed by atoms with E-state index in [0.29, 0.717) is 12.3 Å². The van der Waals surface area contributed by atoms with Crippen LogP contribution >= 0.6 is 0 Å². The van der Waals surface area contributed by atoms with Gasteiger partial charge in [-0.15, -0.1) is 0 Å². The molecule has 0 bridgehead atoms. The molecule has 0 saturated carbocycles. The molecule has 0 aliphatic heterocycles. The zero-order valence-corrected chi connectivity index (χ0v) is 12.6. The molecule has 23 heavy (non-hydrogen) atoms. The lowest BCUT2D eigenvalue weighted by Gasteiger charge is -2.10. The van der Waals surface area contributed by atoms with E-state index >= 15 is 0 Å². The topological polar surface area (TPSA) is 67.4 Å². The first-order valence-electron chi connectivity index (χ1n) is 7.02. The van der Waals surface area contributed by atoms with Gasteiger partial charge in [-0.05, 0) is 24.3 Å². The van der Waals surface area contributed by atoms with Crippen LogP contribution in [0.3, 0.4) is 0 Å². The summed E-state index contributed by atoms with van der Waals surface area (Å²) in [6, 6.07) is 12.6. The van der Waals surface area contributed by atoms with Crippen LogP contribution in [0, 0.1) is 5.82 Å². The first kappa shape index (κ1) is 16.5. The molecule has 0 heterocycles. The van der Waals surface area contributed by atoms with Gasteiger partial charge < -0.3 is 15.4 Å². The number of carbonyl (C=O) groups excluding carboxylic acids is 2. The third kappa shape index (κ3) is 4.81. The van der Waals surface area contributed by atoms with Crippen molar-refractivity contribution in [3.05, 3.63) is 65.5 Å². The normalized spacial score (nSPS) is 10.0. The predicted octanol–water partition coefficient (Wildman–Crippen LogP) is 1.88. The summed E-state index contributed by atoms with van der Waals surface area (Å²) in [6.45, 7) is 0.100. The van der Waals surface area contributed by atoms with E-state index < -0.39 is 11.7 Å². The number of nitrogens with one attached hydrogen (secondary N) is 2. The van der Waals surface area contributed by atoms with Crippen molar-refractivity contribution in [3.8, 4) is 5.75 Å². The highest BCUT2D eigenvalue weighted by molar-refractivity contribution is 5.96. The minimum atomic E-state index is -0.503. The molecule has 6 heteroatoms. The summed E-state index contributed by atoms with van der Waals surface area (Å²) in [5.74, 6) is -0.674. The second kappa shape index (κ2) is 7.93. The largest absolute Gasteiger partial charge is 0.496 e. The Hall–Kier alpha value is -2.89. The van der Waals surface area contributed by atoms with Gasteiger partial charge >= 0.3 is 0 Å². The highest BCUT2D eigenvalue weighted by Crippen LogP contribution is 2.16. The molecule has 0 spiro atoms. The fraction of sp³-hybridized carbons (Fsp3) is 0.176. The molecule has 0 aliphatic rings. The van der Waals surface area contributed by atoms with Gasteiger partial charge in [-0.3, -0.25) is 9.59 Å². The predicted molar refractivity (Wildman–Crippen MR) is 83.6 cm³/mol. The molecule has 2 aromatic carbocycles. The van der Waals surface area contributed by atoms with Crippen molar-refractivity contribution in [3.63, 3.8) is 0 Å². The van der Waals surface area contributed by atoms with E-state index in [1.165, 1.54) is 18.2 Å². The maximum Gasteiger partial charge on any atom is 0.251 e. The number of halogens is 1. The lowest BCUT2D eigenvalue weighted by molar-refractivity contribution is -0.120. The zero-order chi connectivity index (χ0) is 16.7. The Morgan fingerprint density at radius 2 is 1.87 bits per heavy atom. The van der Waals surface area contributed by atoms with Crippen LogP contribution in [0.4, 0.5) is 4.39 Å². The Morgan fingerprint density at radius 3 is 2.61 bits per heavy atom. The van der Waals surface area contributed by atoms with Crippen LogP contribution in [0.2, 0.25) is 0 Å². The monoisotopic (exact) mass is 316 g/mol. The number of para-hydroxylation sites is 1. The molecule has 5 nitrogen and oxygen atoms in total. The number of hydrogen-bond donors (Lipinski definition) is 2.